The van der Waals surface area contributed by atoms with Crippen molar-refractivity contribution >= 4 is 34.2 Å². The number of likely N-dealkylation sites (N-methyl/N-ethyl adjacent to an activating group) is 1. The number of ether oxygens (including phenoxy) is 3. The van der Waals surface area contributed by atoms with Crippen molar-refractivity contribution in [2.75, 3.05) is 72.9 Å². The second kappa shape index (κ2) is 12.3. The van der Waals surface area contributed by atoms with E-state index < -0.39 is 0 Å². The topological polar surface area (TPSA) is 92.3 Å². The number of carbonyl (C=O) groups excluding carboxylic acids is 1. The molecule has 1 N–H and O–H groups in total. The number of aromatic nitrogens is 2. The highest BCUT2D eigenvalue weighted by molar-refractivity contribution is 6.33. The lowest BCUT2D eigenvalue weighted by molar-refractivity contribution is 0.145. The van der Waals surface area contributed by atoms with Crippen molar-refractivity contribution in [2.45, 2.75) is 6.42 Å². The van der Waals surface area contributed by atoms with Gasteiger partial charge in [-0.05, 0) is 31.7 Å². The monoisotopic (exact) mass is 528 g/mol. The number of hydrogen-bond donors (Lipinski definition) is 1. The van der Waals surface area contributed by atoms with Gasteiger partial charge >= 0.3 is 6.03 Å². The molecule has 1 fully saturated rings. The Balaban J connectivity index is 1.44. The summed E-state index contributed by atoms with van der Waals surface area (Å²) in [5, 5.41) is 3.75. The molecule has 10 nitrogen and oxygen atoms in total. The first-order chi connectivity index (χ1) is 17.8. The van der Waals surface area contributed by atoms with Crippen molar-refractivity contribution in [2.24, 2.45) is 0 Å². The van der Waals surface area contributed by atoms with Crippen molar-refractivity contribution in [3.05, 3.63) is 41.7 Å². The van der Waals surface area contributed by atoms with Crippen molar-refractivity contribution in [1.82, 2.24) is 24.7 Å². The Morgan fingerprint density at radius 3 is 2.59 bits per heavy atom. The number of rotatable bonds is 9. The van der Waals surface area contributed by atoms with Gasteiger partial charge in [-0.15, -0.1) is 0 Å². The third-order valence-electron chi connectivity index (χ3n) is 6.16. The van der Waals surface area contributed by atoms with Gasteiger partial charge in [0.25, 0.3) is 0 Å². The highest BCUT2D eigenvalue weighted by atomic mass is 35.5. The van der Waals surface area contributed by atoms with Crippen LogP contribution in [0.5, 0.6) is 23.1 Å². The second-order valence-corrected chi connectivity index (χ2v) is 9.52. The van der Waals surface area contributed by atoms with Crippen LogP contribution in [0.1, 0.15) is 6.42 Å². The summed E-state index contributed by atoms with van der Waals surface area (Å²) < 4.78 is 17.7. The molecule has 2 amide bonds. The molecule has 4 rings (SSSR count). The fraction of sp³-hybridized carbons (Fsp3) is 0.423. The van der Waals surface area contributed by atoms with E-state index >= 15 is 0 Å². The number of urea groups is 1. The summed E-state index contributed by atoms with van der Waals surface area (Å²) in [6.07, 6.45) is 2.36. The molecule has 2 heterocycles. The van der Waals surface area contributed by atoms with Gasteiger partial charge in [0.1, 0.15) is 12.1 Å². The molecule has 11 heteroatoms. The number of nitrogens with one attached hydrogen (secondary N) is 1. The Labute approximate surface area is 222 Å². The van der Waals surface area contributed by atoms with Crippen molar-refractivity contribution in [3.8, 4) is 23.1 Å². The molecule has 0 spiro atoms. The number of amides is 2. The lowest BCUT2D eigenvalue weighted by Crippen LogP contribution is -2.44. The molecular weight excluding hydrogens is 496 g/mol. The molecule has 0 saturated carbocycles. The zero-order chi connectivity index (χ0) is 26.4. The number of halogens is 1. The number of hydrogen-bond acceptors (Lipinski definition) is 8. The third kappa shape index (κ3) is 6.91. The number of methoxy groups -OCH3 is 1. The van der Waals surface area contributed by atoms with Crippen LogP contribution < -0.4 is 19.5 Å². The van der Waals surface area contributed by atoms with Gasteiger partial charge in [0, 0.05) is 59.0 Å². The number of piperazine rings is 1. The molecule has 1 aliphatic heterocycles. The summed E-state index contributed by atoms with van der Waals surface area (Å²) in [6, 6.07) is 8.38. The van der Waals surface area contributed by atoms with E-state index in [-0.39, 0.29) is 6.03 Å². The van der Waals surface area contributed by atoms with E-state index in [2.05, 4.69) is 32.1 Å². The normalized spacial score (nSPS) is 14.4. The van der Waals surface area contributed by atoms with Gasteiger partial charge in [0.15, 0.2) is 11.5 Å². The molecule has 3 aromatic rings. The SMILES string of the molecule is COc1cc2c(Oc3ccc(NC(=O)N(C)C)c(Cl)c3)ncnc2cc1OCCCN1CCN(C)CC1. The minimum absolute atomic E-state index is 0.276. The standard InChI is InChI=1S/C26H33ClN6O4/c1-31(2)26(34)30-21-7-6-18(14-20(21)27)37-25-19-15-23(35-4)24(16-22(19)28-17-29-25)36-13-5-8-33-11-9-32(3)10-12-33/h6-7,14-17H,5,8-13H2,1-4H3,(H,30,34). The van der Waals surface area contributed by atoms with Crippen LogP contribution in [0.25, 0.3) is 10.9 Å². The van der Waals surface area contributed by atoms with Gasteiger partial charge in [0.05, 0.1) is 35.3 Å². The van der Waals surface area contributed by atoms with Crippen LogP contribution in [0.3, 0.4) is 0 Å². The first-order valence-corrected chi connectivity index (χ1v) is 12.5. The van der Waals surface area contributed by atoms with Crippen LogP contribution in [0.15, 0.2) is 36.7 Å². The molecule has 0 unspecified atom stereocenters. The number of carbonyl (C=O) groups is 1. The Hall–Kier alpha value is -3.34. The van der Waals surface area contributed by atoms with Gasteiger partial charge in [0.2, 0.25) is 5.88 Å². The zero-order valence-electron chi connectivity index (χ0n) is 21.7. The molecule has 198 valence electrons. The zero-order valence-corrected chi connectivity index (χ0v) is 22.4. The first kappa shape index (κ1) is 26.7. The lowest BCUT2D eigenvalue weighted by Gasteiger charge is -2.32. The maximum absolute atomic E-state index is 11.9. The largest absolute Gasteiger partial charge is 0.493 e. The molecule has 0 radical (unpaired) electrons. The van der Waals surface area contributed by atoms with Crippen LogP contribution in [0.4, 0.5) is 10.5 Å². The average molecular weight is 529 g/mol. The van der Waals surface area contributed by atoms with Crippen molar-refractivity contribution < 1.29 is 19.0 Å². The van der Waals surface area contributed by atoms with E-state index in [0.717, 1.165) is 39.1 Å². The highest BCUT2D eigenvalue weighted by Crippen LogP contribution is 2.37. The predicted octanol–water partition coefficient (Wildman–Crippen LogP) is 4.19. The first-order valence-electron chi connectivity index (χ1n) is 12.2. The summed E-state index contributed by atoms with van der Waals surface area (Å²) in [5.74, 6) is 2.02. The molecule has 0 bridgehead atoms. The molecule has 1 saturated heterocycles. The van der Waals surface area contributed by atoms with E-state index in [9.17, 15) is 4.79 Å². The van der Waals surface area contributed by atoms with E-state index in [1.807, 2.05) is 12.1 Å². The Morgan fingerprint density at radius 1 is 1.11 bits per heavy atom. The average Bonchev–Trinajstić information content (AvgIpc) is 2.88. The molecule has 1 aliphatic rings. The predicted molar refractivity (Wildman–Crippen MR) is 144 cm³/mol. The molecule has 0 aliphatic carbocycles. The minimum atomic E-state index is -0.276. The molecule has 37 heavy (non-hydrogen) atoms. The van der Waals surface area contributed by atoms with Gasteiger partial charge in [-0.25, -0.2) is 14.8 Å². The maximum atomic E-state index is 11.9. The van der Waals surface area contributed by atoms with E-state index in [1.165, 1.54) is 11.2 Å². The van der Waals surface area contributed by atoms with Gasteiger partial charge < -0.3 is 34.2 Å². The number of fused-ring (bicyclic) bond motifs is 1. The van der Waals surface area contributed by atoms with E-state index in [4.69, 9.17) is 25.8 Å². The summed E-state index contributed by atoms with van der Waals surface area (Å²) in [7, 11) is 7.06. The van der Waals surface area contributed by atoms with Crippen molar-refractivity contribution in [3.63, 3.8) is 0 Å². The fourth-order valence-corrected chi connectivity index (χ4v) is 4.15. The summed E-state index contributed by atoms with van der Waals surface area (Å²) >= 11 is 6.36. The van der Waals surface area contributed by atoms with Gasteiger partial charge in [-0.2, -0.15) is 0 Å². The lowest BCUT2D eigenvalue weighted by atomic mass is 10.2. The quantitative estimate of drug-likeness (QED) is 0.413. The van der Waals surface area contributed by atoms with Gasteiger partial charge in [-0.1, -0.05) is 11.6 Å². The molecular formula is C26H33ClN6O4. The van der Waals surface area contributed by atoms with E-state index in [0.29, 0.717) is 51.3 Å². The second-order valence-electron chi connectivity index (χ2n) is 9.11. The smallest absolute Gasteiger partial charge is 0.321 e. The van der Waals surface area contributed by atoms with Crippen LogP contribution in [-0.4, -0.2) is 98.3 Å². The van der Waals surface area contributed by atoms with Crippen molar-refractivity contribution in [1.29, 1.82) is 0 Å². The van der Waals surface area contributed by atoms with E-state index in [1.54, 1.807) is 39.4 Å². The van der Waals surface area contributed by atoms with Crippen LogP contribution in [0, 0.1) is 0 Å². The fourth-order valence-electron chi connectivity index (χ4n) is 3.94. The van der Waals surface area contributed by atoms with Crippen LogP contribution in [0.2, 0.25) is 5.02 Å². The van der Waals surface area contributed by atoms with Crippen LogP contribution >= 0.6 is 11.6 Å². The Bertz CT molecular complexity index is 1230. The number of anilines is 1. The molecule has 1 aromatic heterocycles. The molecule has 2 aromatic carbocycles. The van der Waals surface area contributed by atoms with Crippen LogP contribution in [-0.2, 0) is 0 Å². The van der Waals surface area contributed by atoms with Gasteiger partial charge in [-0.3, -0.25) is 0 Å². The number of nitrogens with zero attached hydrogens (tertiary/aromatic N) is 5. The Morgan fingerprint density at radius 2 is 1.89 bits per heavy atom. The maximum Gasteiger partial charge on any atom is 0.321 e. The third-order valence-corrected chi connectivity index (χ3v) is 6.47. The Kier molecular flexibility index (Phi) is 8.86. The molecule has 0 atom stereocenters. The summed E-state index contributed by atoms with van der Waals surface area (Å²) in [4.78, 5) is 26.9. The highest BCUT2D eigenvalue weighted by Gasteiger charge is 2.16. The summed E-state index contributed by atoms with van der Waals surface area (Å²) in [5.41, 5.74) is 1.15. The summed E-state index contributed by atoms with van der Waals surface area (Å²) in [6.45, 7) is 5.98. The minimum Gasteiger partial charge on any atom is -0.493 e. The number of benzene rings is 2.